The van der Waals surface area contributed by atoms with Gasteiger partial charge in [-0.2, -0.15) is 5.26 Å². The Kier molecular flexibility index (Phi) is 3.67. The third-order valence-corrected chi connectivity index (χ3v) is 2.01. The Bertz CT molecular complexity index is 369. The molecule has 1 rings (SSSR count). The minimum atomic E-state index is -1.15. The van der Waals surface area contributed by atoms with E-state index in [1.165, 1.54) is 6.92 Å². The maximum Gasteiger partial charge on any atom is 0.102 e. The number of anilines is 1. The molecule has 0 heterocycles. The molecule has 0 spiro atoms. The zero-order valence-corrected chi connectivity index (χ0v) is 8.57. The second-order valence-electron chi connectivity index (χ2n) is 3.70. The van der Waals surface area contributed by atoms with Gasteiger partial charge in [-0.25, -0.2) is 0 Å². The van der Waals surface area contributed by atoms with Gasteiger partial charge in [-0.05, 0) is 25.1 Å². The lowest BCUT2D eigenvalue weighted by Gasteiger charge is -2.21. The molecule has 0 radical (unpaired) electrons. The van der Waals surface area contributed by atoms with Crippen molar-refractivity contribution in [2.24, 2.45) is 0 Å². The van der Waals surface area contributed by atoms with Gasteiger partial charge in [-0.3, -0.25) is 0 Å². The predicted molar refractivity (Wildman–Crippen MR) is 57.4 cm³/mol. The molecule has 4 nitrogen and oxygen atoms in total. The SMILES string of the molecule is CC(O)(CO)CNc1cccc(C#N)c1. The van der Waals surface area contributed by atoms with Crippen molar-refractivity contribution in [3.63, 3.8) is 0 Å². The Hall–Kier alpha value is -1.57. The van der Waals surface area contributed by atoms with Gasteiger partial charge in [0.25, 0.3) is 0 Å². The number of benzene rings is 1. The van der Waals surface area contributed by atoms with Gasteiger partial charge in [0.05, 0.1) is 18.2 Å². The monoisotopic (exact) mass is 206 g/mol. The van der Waals surface area contributed by atoms with E-state index in [4.69, 9.17) is 10.4 Å². The van der Waals surface area contributed by atoms with Crippen molar-refractivity contribution in [3.05, 3.63) is 29.8 Å². The average molecular weight is 206 g/mol. The lowest BCUT2D eigenvalue weighted by atomic mass is 10.1. The third kappa shape index (κ3) is 3.58. The third-order valence-electron chi connectivity index (χ3n) is 2.01. The molecule has 0 bridgehead atoms. The maximum absolute atomic E-state index is 9.53. The van der Waals surface area contributed by atoms with Crippen molar-refractivity contribution in [2.75, 3.05) is 18.5 Å². The van der Waals surface area contributed by atoms with Crippen LogP contribution in [-0.4, -0.2) is 29.0 Å². The molecule has 1 unspecified atom stereocenters. The minimum absolute atomic E-state index is 0.235. The van der Waals surface area contributed by atoms with E-state index in [2.05, 4.69) is 5.32 Å². The number of rotatable bonds is 4. The van der Waals surface area contributed by atoms with Gasteiger partial charge in [-0.15, -0.1) is 0 Å². The van der Waals surface area contributed by atoms with E-state index in [1.54, 1.807) is 24.3 Å². The Morgan fingerprint density at radius 1 is 1.53 bits per heavy atom. The number of aliphatic hydroxyl groups excluding tert-OH is 1. The zero-order valence-electron chi connectivity index (χ0n) is 8.57. The van der Waals surface area contributed by atoms with Gasteiger partial charge in [0, 0.05) is 12.2 Å². The van der Waals surface area contributed by atoms with E-state index < -0.39 is 5.60 Å². The quantitative estimate of drug-likeness (QED) is 0.678. The Morgan fingerprint density at radius 3 is 2.87 bits per heavy atom. The maximum atomic E-state index is 9.53. The van der Waals surface area contributed by atoms with E-state index >= 15 is 0 Å². The molecule has 0 aliphatic carbocycles. The van der Waals surface area contributed by atoms with Gasteiger partial charge in [0.2, 0.25) is 0 Å². The molecule has 1 aromatic rings. The summed E-state index contributed by atoms with van der Waals surface area (Å²) in [6, 6.07) is 8.98. The molecule has 0 saturated heterocycles. The van der Waals surface area contributed by atoms with Gasteiger partial charge in [0.15, 0.2) is 0 Å². The number of hydrogen-bond acceptors (Lipinski definition) is 4. The van der Waals surface area contributed by atoms with Crippen LogP contribution in [0.3, 0.4) is 0 Å². The molecule has 0 saturated carbocycles. The van der Waals surface area contributed by atoms with Crippen molar-refractivity contribution in [2.45, 2.75) is 12.5 Å². The van der Waals surface area contributed by atoms with Crippen LogP contribution in [0.4, 0.5) is 5.69 Å². The standard InChI is InChI=1S/C11H14N2O2/c1-11(15,8-14)7-13-10-4-2-3-9(5-10)6-12/h2-5,13-15H,7-8H2,1H3. The van der Waals surface area contributed by atoms with Crippen LogP contribution < -0.4 is 5.32 Å². The van der Waals surface area contributed by atoms with E-state index in [0.717, 1.165) is 5.69 Å². The summed E-state index contributed by atoms with van der Waals surface area (Å²) in [6.45, 7) is 1.46. The number of nitriles is 1. The topological polar surface area (TPSA) is 76.3 Å². The fourth-order valence-corrected chi connectivity index (χ4v) is 1.05. The normalized spacial score (nSPS) is 14.0. The summed E-state index contributed by atoms with van der Waals surface area (Å²) in [4.78, 5) is 0. The van der Waals surface area contributed by atoms with Crippen molar-refractivity contribution in [3.8, 4) is 6.07 Å². The van der Waals surface area contributed by atoms with Crippen molar-refractivity contribution >= 4 is 5.69 Å². The Morgan fingerprint density at radius 2 is 2.27 bits per heavy atom. The molecule has 80 valence electrons. The highest BCUT2D eigenvalue weighted by atomic mass is 16.3. The van der Waals surface area contributed by atoms with Crippen LogP contribution in [0.1, 0.15) is 12.5 Å². The molecule has 4 heteroatoms. The van der Waals surface area contributed by atoms with E-state index in [0.29, 0.717) is 5.56 Å². The molecule has 1 atom stereocenters. The number of nitrogens with zero attached hydrogens (tertiary/aromatic N) is 1. The van der Waals surface area contributed by atoms with Crippen LogP contribution in [0.25, 0.3) is 0 Å². The van der Waals surface area contributed by atoms with Crippen molar-refractivity contribution in [1.82, 2.24) is 0 Å². The highest BCUT2D eigenvalue weighted by Crippen LogP contribution is 2.11. The fourth-order valence-electron chi connectivity index (χ4n) is 1.05. The molecule has 0 aromatic heterocycles. The lowest BCUT2D eigenvalue weighted by molar-refractivity contribution is 0.0132. The van der Waals surface area contributed by atoms with Crippen LogP contribution in [0.15, 0.2) is 24.3 Å². The Balaban J connectivity index is 2.62. The van der Waals surface area contributed by atoms with Gasteiger partial charge in [0.1, 0.15) is 5.60 Å². The molecule has 1 aromatic carbocycles. The van der Waals surface area contributed by atoms with Crippen LogP contribution in [-0.2, 0) is 0 Å². The summed E-state index contributed by atoms with van der Waals surface area (Å²) in [5.74, 6) is 0. The van der Waals surface area contributed by atoms with Gasteiger partial charge in [-0.1, -0.05) is 6.07 Å². The summed E-state index contributed by atoms with van der Waals surface area (Å²) in [5.41, 5.74) is 0.161. The largest absolute Gasteiger partial charge is 0.393 e. The first kappa shape index (κ1) is 11.5. The molecule has 0 fully saturated rings. The molecular weight excluding hydrogens is 192 g/mol. The first-order valence-corrected chi connectivity index (χ1v) is 4.65. The lowest BCUT2D eigenvalue weighted by Crippen LogP contribution is -2.37. The van der Waals surface area contributed by atoms with E-state index in [9.17, 15) is 5.11 Å². The number of hydrogen-bond donors (Lipinski definition) is 3. The molecule has 0 aliphatic rings. The van der Waals surface area contributed by atoms with Crippen LogP contribution >= 0.6 is 0 Å². The molecular formula is C11H14N2O2. The van der Waals surface area contributed by atoms with Gasteiger partial charge >= 0.3 is 0 Å². The van der Waals surface area contributed by atoms with Crippen molar-refractivity contribution in [1.29, 1.82) is 5.26 Å². The first-order valence-electron chi connectivity index (χ1n) is 4.65. The predicted octanol–water partition coefficient (Wildman–Crippen LogP) is 0.713. The fraction of sp³-hybridized carbons (Fsp3) is 0.364. The minimum Gasteiger partial charge on any atom is -0.393 e. The summed E-state index contributed by atoms with van der Waals surface area (Å²) in [6.07, 6.45) is 0. The number of nitrogens with one attached hydrogen (secondary N) is 1. The molecule has 15 heavy (non-hydrogen) atoms. The first-order chi connectivity index (χ1) is 7.07. The Labute approximate surface area is 88.8 Å². The second kappa shape index (κ2) is 4.78. The summed E-state index contributed by atoms with van der Waals surface area (Å²) < 4.78 is 0. The van der Waals surface area contributed by atoms with Crippen LogP contribution in [0.2, 0.25) is 0 Å². The van der Waals surface area contributed by atoms with Crippen LogP contribution in [0, 0.1) is 11.3 Å². The zero-order chi connectivity index (χ0) is 11.3. The number of aliphatic hydroxyl groups is 2. The average Bonchev–Trinajstić information content (AvgIpc) is 2.27. The van der Waals surface area contributed by atoms with Crippen LogP contribution in [0.5, 0.6) is 0 Å². The van der Waals surface area contributed by atoms with E-state index in [1.807, 2.05) is 6.07 Å². The van der Waals surface area contributed by atoms with Gasteiger partial charge < -0.3 is 15.5 Å². The summed E-state index contributed by atoms with van der Waals surface area (Å²) in [7, 11) is 0. The second-order valence-corrected chi connectivity index (χ2v) is 3.70. The highest BCUT2D eigenvalue weighted by molar-refractivity contribution is 5.49. The summed E-state index contributed by atoms with van der Waals surface area (Å²) >= 11 is 0. The highest BCUT2D eigenvalue weighted by Gasteiger charge is 2.18. The van der Waals surface area contributed by atoms with Crippen molar-refractivity contribution < 1.29 is 10.2 Å². The summed E-state index contributed by atoms with van der Waals surface area (Å²) in [5, 5.41) is 30.0. The van der Waals surface area contributed by atoms with E-state index in [-0.39, 0.29) is 13.2 Å². The molecule has 3 N–H and O–H groups in total. The smallest absolute Gasteiger partial charge is 0.102 e. The molecule has 0 amide bonds. The molecule has 0 aliphatic heterocycles.